The third kappa shape index (κ3) is 3.65. The van der Waals surface area contributed by atoms with E-state index >= 15 is 0 Å². The summed E-state index contributed by atoms with van der Waals surface area (Å²) >= 11 is 0. The Morgan fingerprint density at radius 3 is 1.86 bits per heavy atom. The van der Waals surface area contributed by atoms with Gasteiger partial charge in [-0.2, -0.15) is 0 Å². The van der Waals surface area contributed by atoms with Crippen LogP contribution >= 0.6 is 0 Å². The van der Waals surface area contributed by atoms with Gasteiger partial charge in [0.1, 0.15) is 0 Å². The maximum atomic E-state index is 2.33. The first-order valence-electron chi connectivity index (χ1n) is 8.07. The van der Waals surface area contributed by atoms with E-state index in [1.807, 2.05) is 0 Å². The van der Waals surface area contributed by atoms with Gasteiger partial charge in [0.25, 0.3) is 0 Å². The van der Waals surface area contributed by atoms with Crippen molar-refractivity contribution in [2.45, 2.75) is 26.2 Å². The third-order valence-corrected chi connectivity index (χ3v) is 4.14. The van der Waals surface area contributed by atoms with E-state index in [0.717, 1.165) is 19.3 Å². The highest BCUT2D eigenvalue weighted by molar-refractivity contribution is 5.63. The number of hydrogen-bond donors (Lipinski definition) is 0. The zero-order valence-electron chi connectivity index (χ0n) is 13.1. The highest BCUT2D eigenvalue weighted by Gasteiger charge is 2.00. The normalized spacial score (nSPS) is 10.6. The molecule has 22 heavy (non-hydrogen) atoms. The molecule has 0 saturated carbocycles. The molecule has 0 atom stereocenters. The molecule has 3 aromatic rings. The van der Waals surface area contributed by atoms with Gasteiger partial charge in [0.2, 0.25) is 0 Å². The van der Waals surface area contributed by atoms with Crippen LogP contribution in [-0.2, 0) is 19.3 Å². The third-order valence-electron chi connectivity index (χ3n) is 4.14. The molecule has 0 bridgehead atoms. The monoisotopic (exact) mass is 286 g/mol. The maximum absolute atomic E-state index is 2.33. The van der Waals surface area contributed by atoms with Gasteiger partial charge in [-0.3, -0.25) is 0 Å². The number of aryl methyl sites for hydroxylation is 3. The average molecular weight is 286 g/mol. The van der Waals surface area contributed by atoms with E-state index in [1.54, 1.807) is 0 Å². The van der Waals surface area contributed by atoms with E-state index in [4.69, 9.17) is 0 Å². The minimum absolute atomic E-state index is 1.09. The molecule has 0 aliphatic carbocycles. The molecule has 3 aromatic carbocycles. The van der Waals surface area contributed by atoms with E-state index in [2.05, 4.69) is 85.8 Å². The zero-order chi connectivity index (χ0) is 15.2. The van der Waals surface area contributed by atoms with E-state index in [1.165, 1.54) is 27.8 Å². The van der Waals surface area contributed by atoms with Crippen molar-refractivity contribution in [2.75, 3.05) is 0 Å². The van der Waals surface area contributed by atoms with Gasteiger partial charge in [0.05, 0.1) is 0 Å². The maximum Gasteiger partial charge on any atom is -0.0181 e. The molecule has 110 valence electrons. The second-order valence-corrected chi connectivity index (χ2v) is 5.74. The van der Waals surface area contributed by atoms with E-state index in [0.29, 0.717) is 0 Å². The summed E-state index contributed by atoms with van der Waals surface area (Å²) in [5.74, 6) is 0. The van der Waals surface area contributed by atoms with Crippen LogP contribution in [0.5, 0.6) is 0 Å². The first-order valence-corrected chi connectivity index (χ1v) is 8.07. The highest BCUT2D eigenvalue weighted by atomic mass is 14.1. The van der Waals surface area contributed by atoms with Gasteiger partial charge in [-0.05, 0) is 47.1 Å². The summed E-state index contributed by atoms with van der Waals surface area (Å²) < 4.78 is 0. The second kappa shape index (κ2) is 7.09. The van der Waals surface area contributed by atoms with Gasteiger partial charge in [0.15, 0.2) is 0 Å². The molecule has 0 unspecified atom stereocenters. The molecule has 0 aliphatic heterocycles. The highest BCUT2D eigenvalue weighted by Crippen LogP contribution is 2.21. The summed E-state index contributed by atoms with van der Waals surface area (Å²) in [6.07, 6.45) is 3.30. The van der Waals surface area contributed by atoms with Crippen LogP contribution in [-0.4, -0.2) is 0 Å². The van der Waals surface area contributed by atoms with Crippen molar-refractivity contribution in [2.24, 2.45) is 0 Å². The Kier molecular flexibility index (Phi) is 4.70. The van der Waals surface area contributed by atoms with E-state index < -0.39 is 0 Å². The lowest BCUT2D eigenvalue weighted by atomic mass is 9.98. The van der Waals surface area contributed by atoms with Crippen LogP contribution in [0, 0.1) is 0 Å². The topological polar surface area (TPSA) is 0 Å². The van der Waals surface area contributed by atoms with Crippen LogP contribution in [0.2, 0.25) is 0 Å². The Bertz CT molecular complexity index is 726. The molecule has 3 rings (SSSR count). The van der Waals surface area contributed by atoms with Crippen molar-refractivity contribution in [3.8, 4) is 11.1 Å². The predicted octanol–water partition coefficient (Wildman–Crippen LogP) is 5.70. The Morgan fingerprint density at radius 1 is 0.545 bits per heavy atom. The largest absolute Gasteiger partial charge is 0.0622 e. The SMILES string of the molecule is CCc1cccc(CCc2cccc(-c3ccccc3)c2)c1. The fraction of sp³-hybridized carbons (Fsp3) is 0.182. The minimum Gasteiger partial charge on any atom is -0.0622 e. The van der Waals surface area contributed by atoms with Crippen LogP contribution in [0.1, 0.15) is 23.6 Å². The zero-order valence-corrected chi connectivity index (χ0v) is 13.1. The number of rotatable bonds is 5. The molecule has 0 radical (unpaired) electrons. The standard InChI is InChI=1S/C22H22/c1-2-18-8-6-9-19(16-18)14-15-20-10-7-13-22(17-20)21-11-4-3-5-12-21/h3-13,16-17H,2,14-15H2,1H3. The van der Waals surface area contributed by atoms with Gasteiger partial charge in [-0.15, -0.1) is 0 Å². The summed E-state index contributed by atoms with van der Waals surface area (Å²) in [6.45, 7) is 2.21. The van der Waals surface area contributed by atoms with Crippen LogP contribution in [0.25, 0.3) is 11.1 Å². The summed E-state index contributed by atoms with van der Waals surface area (Å²) in [4.78, 5) is 0. The molecule has 0 N–H and O–H groups in total. The Hall–Kier alpha value is -2.34. The number of benzene rings is 3. The quantitative estimate of drug-likeness (QED) is 0.564. The van der Waals surface area contributed by atoms with Crippen molar-refractivity contribution in [1.29, 1.82) is 0 Å². The Morgan fingerprint density at radius 2 is 1.14 bits per heavy atom. The molecule has 0 aliphatic rings. The lowest BCUT2D eigenvalue weighted by Crippen LogP contribution is -1.93. The fourth-order valence-corrected chi connectivity index (χ4v) is 2.83. The molecule has 0 saturated heterocycles. The minimum atomic E-state index is 1.09. The van der Waals surface area contributed by atoms with Crippen molar-refractivity contribution in [1.82, 2.24) is 0 Å². The first kappa shape index (κ1) is 14.6. The van der Waals surface area contributed by atoms with Gasteiger partial charge in [-0.1, -0.05) is 85.8 Å². The van der Waals surface area contributed by atoms with Crippen LogP contribution in [0.4, 0.5) is 0 Å². The lowest BCUT2D eigenvalue weighted by Gasteiger charge is -2.07. The lowest BCUT2D eigenvalue weighted by molar-refractivity contribution is 0.954. The van der Waals surface area contributed by atoms with Crippen molar-refractivity contribution >= 4 is 0 Å². The van der Waals surface area contributed by atoms with Crippen molar-refractivity contribution in [3.05, 3.63) is 95.6 Å². The molecule has 0 nitrogen and oxygen atoms in total. The van der Waals surface area contributed by atoms with Crippen LogP contribution < -0.4 is 0 Å². The predicted molar refractivity (Wildman–Crippen MR) is 95.1 cm³/mol. The van der Waals surface area contributed by atoms with Gasteiger partial charge < -0.3 is 0 Å². The first-order chi connectivity index (χ1) is 10.8. The molecule has 0 aromatic heterocycles. The van der Waals surface area contributed by atoms with Crippen molar-refractivity contribution in [3.63, 3.8) is 0 Å². The number of hydrogen-bond acceptors (Lipinski definition) is 0. The van der Waals surface area contributed by atoms with Gasteiger partial charge >= 0.3 is 0 Å². The fourth-order valence-electron chi connectivity index (χ4n) is 2.83. The summed E-state index contributed by atoms with van der Waals surface area (Å²) in [5.41, 5.74) is 6.86. The van der Waals surface area contributed by atoms with Crippen LogP contribution in [0.15, 0.2) is 78.9 Å². The molecule has 0 fully saturated rings. The summed E-state index contributed by atoms with van der Waals surface area (Å²) in [5, 5.41) is 0. The Balaban J connectivity index is 1.73. The summed E-state index contributed by atoms with van der Waals surface area (Å²) in [6, 6.07) is 28.5. The van der Waals surface area contributed by atoms with E-state index in [-0.39, 0.29) is 0 Å². The molecule has 0 spiro atoms. The molecule has 0 heterocycles. The van der Waals surface area contributed by atoms with E-state index in [9.17, 15) is 0 Å². The molecular weight excluding hydrogens is 264 g/mol. The summed E-state index contributed by atoms with van der Waals surface area (Å²) in [7, 11) is 0. The van der Waals surface area contributed by atoms with Gasteiger partial charge in [0, 0.05) is 0 Å². The average Bonchev–Trinajstić information content (AvgIpc) is 2.61. The van der Waals surface area contributed by atoms with Crippen molar-refractivity contribution < 1.29 is 0 Å². The molecular formula is C22H22. The smallest absolute Gasteiger partial charge is 0.0181 e. The second-order valence-electron chi connectivity index (χ2n) is 5.74. The molecule has 0 amide bonds. The molecule has 0 heteroatoms. The van der Waals surface area contributed by atoms with Crippen LogP contribution in [0.3, 0.4) is 0 Å². The Labute approximate surface area is 133 Å². The van der Waals surface area contributed by atoms with Gasteiger partial charge in [-0.25, -0.2) is 0 Å².